The van der Waals surface area contributed by atoms with Crippen LogP contribution in [-0.2, 0) is 0 Å². The van der Waals surface area contributed by atoms with Gasteiger partial charge in [-0.2, -0.15) is 0 Å². The van der Waals surface area contributed by atoms with Crippen LogP contribution in [0.15, 0.2) is 206 Å². The number of hydrogen-bond acceptors (Lipinski definition) is 0. The third-order valence-corrected chi connectivity index (χ3v) is 10.7. The normalized spacial score (nSPS) is 11.5. The van der Waals surface area contributed by atoms with Crippen LogP contribution >= 0.6 is 0 Å². The highest BCUT2D eigenvalue weighted by Gasteiger charge is 2.23. The smallest absolute Gasteiger partial charge is 0 e. The van der Waals surface area contributed by atoms with Crippen LogP contribution in [0.5, 0.6) is 0 Å². The van der Waals surface area contributed by atoms with Crippen LogP contribution in [0.25, 0.3) is 98.7 Å². The van der Waals surface area contributed by atoms with Gasteiger partial charge in [0, 0.05) is 1.43 Å². The van der Waals surface area contributed by atoms with E-state index in [0.29, 0.717) is 0 Å². The molecule has 0 fully saturated rings. The summed E-state index contributed by atoms with van der Waals surface area (Å²) in [5.74, 6) is 0. The second-order valence-electron chi connectivity index (χ2n) is 13.5. The Kier molecular flexibility index (Phi) is 7.25. The van der Waals surface area contributed by atoms with E-state index >= 15 is 0 Å². The van der Waals surface area contributed by atoms with Crippen molar-refractivity contribution in [2.75, 3.05) is 0 Å². The lowest BCUT2D eigenvalue weighted by molar-refractivity contribution is 1.60. The molecule has 0 aromatic heterocycles. The van der Waals surface area contributed by atoms with Crippen LogP contribution in [0.3, 0.4) is 0 Å². The van der Waals surface area contributed by atoms with Gasteiger partial charge in [0.25, 0.3) is 0 Å². The number of rotatable bonds is 5. The summed E-state index contributed by atoms with van der Waals surface area (Å²) in [4.78, 5) is 0. The monoisotopic (exact) mass is 660 g/mol. The van der Waals surface area contributed by atoms with Crippen molar-refractivity contribution in [2.24, 2.45) is 0 Å². The van der Waals surface area contributed by atoms with Gasteiger partial charge < -0.3 is 0 Å². The van der Waals surface area contributed by atoms with Crippen molar-refractivity contribution in [3.8, 4) is 55.6 Å². The Hall–Kier alpha value is -6.76. The van der Waals surface area contributed by atoms with Crippen molar-refractivity contribution in [3.05, 3.63) is 206 Å². The second-order valence-corrected chi connectivity index (χ2v) is 13.5. The van der Waals surface area contributed by atoms with E-state index in [1.165, 1.54) is 98.7 Å². The predicted molar refractivity (Wildman–Crippen MR) is 226 cm³/mol. The largest absolute Gasteiger partial charge is 0.0622 e. The van der Waals surface area contributed by atoms with Gasteiger partial charge in [0.15, 0.2) is 0 Å². The molecule has 0 bridgehead atoms. The van der Waals surface area contributed by atoms with Gasteiger partial charge in [-0.05, 0) is 98.7 Å². The van der Waals surface area contributed by atoms with E-state index in [0.717, 1.165) is 0 Å². The summed E-state index contributed by atoms with van der Waals surface area (Å²) < 4.78 is 0. The minimum atomic E-state index is 0. The van der Waals surface area contributed by atoms with Crippen LogP contribution in [0, 0.1) is 0 Å². The van der Waals surface area contributed by atoms with E-state index in [-0.39, 0.29) is 1.43 Å². The van der Waals surface area contributed by atoms with Gasteiger partial charge >= 0.3 is 0 Å². The highest BCUT2D eigenvalue weighted by Crippen LogP contribution is 2.51. The van der Waals surface area contributed by atoms with Gasteiger partial charge in [0.05, 0.1) is 0 Å². The predicted octanol–water partition coefficient (Wildman–Crippen LogP) is 14.9. The molecule has 0 spiro atoms. The summed E-state index contributed by atoms with van der Waals surface area (Å²) in [6, 6.07) is 75.4. The Morgan fingerprint density at radius 1 is 0.173 bits per heavy atom. The molecule has 0 aliphatic heterocycles. The van der Waals surface area contributed by atoms with Gasteiger partial charge in [0.1, 0.15) is 0 Å². The van der Waals surface area contributed by atoms with Crippen molar-refractivity contribution >= 4 is 43.1 Å². The second kappa shape index (κ2) is 12.5. The first-order valence-corrected chi connectivity index (χ1v) is 18.0. The first-order chi connectivity index (χ1) is 25.9. The Morgan fingerprint density at radius 3 is 0.673 bits per heavy atom. The van der Waals surface area contributed by atoms with E-state index < -0.39 is 0 Å². The quantitative estimate of drug-likeness (QED) is 0.161. The highest BCUT2D eigenvalue weighted by molar-refractivity contribution is 6.30. The number of hydrogen-bond donors (Lipinski definition) is 0. The molecule has 0 heteroatoms. The molecule has 0 radical (unpaired) electrons. The summed E-state index contributed by atoms with van der Waals surface area (Å²) in [6.45, 7) is 0. The molecule has 10 aromatic carbocycles. The average Bonchev–Trinajstić information content (AvgIpc) is 3.23. The number of benzene rings is 10. The fraction of sp³-hybridized carbons (Fsp3) is 0. The molecule has 0 N–H and O–H groups in total. The van der Waals surface area contributed by atoms with Crippen LogP contribution < -0.4 is 0 Å². The van der Waals surface area contributed by atoms with Gasteiger partial charge in [-0.15, -0.1) is 0 Å². The van der Waals surface area contributed by atoms with Crippen molar-refractivity contribution in [1.29, 1.82) is 0 Å². The van der Waals surface area contributed by atoms with Crippen molar-refractivity contribution in [3.63, 3.8) is 0 Å². The lowest BCUT2D eigenvalue weighted by Gasteiger charge is -2.23. The van der Waals surface area contributed by atoms with E-state index in [4.69, 9.17) is 0 Å². The lowest BCUT2D eigenvalue weighted by atomic mass is 9.79. The molecule has 0 amide bonds. The summed E-state index contributed by atoms with van der Waals surface area (Å²) >= 11 is 0. The summed E-state index contributed by atoms with van der Waals surface area (Å²) in [6.07, 6.45) is 0. The summed E-state index contributed by atoms with van der Waals surface area (Å²) in [5.41, 5.74) is 12.5. The molecule has 0 atom stereocenters. The van der Waals surface area contributed by atoms with E-state index in [9.17, 15) is 0 Å². The topological polar surface area (TPSA) is 0 Å². The molecule has 0 aliphatic carbocycles. The van der Waals surface area contributed by atoms with Crippen LogP contribution in [0.2, 0.25) is 0 Å². The molecule has 0 saturated heterocycles. The van der Waals surface area contributed by atoms with Crippen LogP contribution in [0.1, 0.15) is 1.43 Å². The third kappa shape index (κ3) is 4.77. The van der Waals surface area contributed by atoms with Gasteiger partial charge in [0.2, 0.25) is 0 Å². The molecule has 0 unspecified atom stereocenters. The molecule has 10 aromatic rings. The zero-order valence-corrected chi connectivity index (χ0v) is 28.6. The zero-order valence-electron chi connectivity index (χ0n) is 28.6. The summed E-state index contributed by atoms with van der Waals surface area (Å²) in [5, 5.41) is 10.0. The highest BCUT2D eigenvalue weighted by atomic mass is 14.3. The van der Waals surface area contributed by atoms with E-state index in [1.807, 2.05) is 0 Å². The minimum absolute atomic E-state index is 0. The molecule has 244 valence electrons. The fourth-order valence-electron chi connectivity index (χ4n) is 8.52. The average molecular weight is 661 g/mol. The van der Waals surface area contributed by atoms with E-state index in [1.54, 1.807) is 0 Å². The Bertz CT molecular complexity index is 2620. The zero-order chi connectivity index (χ0) is 34.4. The maximum Gasteiger partial charge on any atom is 0 e. The summed E-state index contributed by atoms with van der Waals surface area (Å²) in [7, 11) is 0. The lowest BCUT2D eigenvalue weighted by Crippen LogP contribution is -1.96. The Balaban J connectivity index is 0.00000372. The van der Waals surface area contributed by atoms with Crippen molar-refractivity contribution in [2.45, 2.75) is 0 Å². The first kappa shape index (κ1) is 30.1. The van der Waals surface area contributed by atoms with E-state index in [2.05, 4.69) is 206 Å². The SMILES string of the molecule is [HH].c1ccc(-c2ccccc2-c2c3ccccc3c(-c3c4ccccc4c(-c4ccccc4-c4ccccc4)c4ccccc34)c3ccccc23)cc1. The minimum Gasteiger partial charge on any atom is -0.0622 e. The molecular formula is C52H36. The number of fused-ring (bicyclic) bond motifs is 4. The fourth-order valence-corrected chi connectivity index (χ4v) is 8.52. The van der Waals surface area contributed by atoms with Gasteiger partial charge in [-0.3, -0.25) is 0 Å². The Morgan fingerprint density at radius 2 is 0.385 bits per heavy atom. The van der Waals surface area contributed by atoms with Crippen molar-refractivity contribution in [1.82, 2.24) is 0 Å². The molecular weight excluding hydrogens is 625 g/mol. The maximum absolute atomic E-state index is 2.33. The molecule has 52 heavy (non-hydrogen) atoms. The standard InChI is InChI=1S/C52H34.H2/c1-3-19-35(20-4-1)37-23-7-9-25-39(37)49-41-27-11-15-31-45(41)51(46-32-16-12-28-42(46)49)52-47-33-17-13-29-43(47)50(44-30-14-18-34-48(44)52)40-26-10-8-24-38(40)36-21-5-2-6-22-36;/h1-34H;1H. The molecule has 0 heterocycles. The maximum atomic E-state index is 2.33. The first-order valence-electron chi connectivity index (χ1n) is 18.0. The van der Waals surface area contributed by atoms with Crippen LogP contribution in [0.4, 0.5) is 0 Å². The van der Waals surface area contributed by atoms with Crippen LogP contribution in [-0.4, -0.2) is 0 Å². The van der Waals surface area contributed by atoms with Crippen molar-refractivity contribution < 1.29 is 1.43 Å². The Labute approximate surface area is 305 Å². The molecule has 10 rings (SSSR count). The molecule has 0 nitrogen and oxygen atoms in total. The molecule has 0 saturated carbocycles. The molecule has 0 aliphatic rings. The van der Waals surface area contributed by atoms with Gasteiger partial charge in [-0.1, -0.05) is 206 Å². The van der Waals surface area contributed by atoms with Gasteiger partial charge in [-0.25, -0.2) is 0 Å². The third-order valence-electron chi connectivity index (χ3n) is 10.7.